The first-order valence-corrected chi connectivity index (χ1v) is 10.5. The molecule has 1 fully saturated rings. The highest BCUT2D eigenvalue weighted by atomic mass is 32.2. The van der Waals surface area contributed by atoms with Crippen molar-refractivity contribution in [2.24, 2.45) is 0 Å². The first-order valence-electron chi connectivity index (χ1n) is 9.11. The molecule has 0 bridgehead atoms. The second-order valence-electron chi connectivity index (χ2n) is 7.01. The topological polar surface area (TPSA) is 69.7 Å². The number of nitrogens with zero attached hydrogens (tertiary/aromatic N) is 2. The van der Waals surface area contributed by atoms with Crippen LogP contribution < -0.4 is 5.32 Å². The molecule has 28 heavy (non-hydrogen) atoms. The van der Waals surface area contributed by atoms with Crippen LogP contribution in [0.5, 0.6) is 0 Å². The molecule has 1 N–H and O–H groups in total. The second-order valence-corrected chi connectivity index (χ2v) is 8.91. The molecule has 3 rings (SSSR count). The van der Waals surface area contributed by atoms with Gasteiger partial charge < -0.3 is 5.32 Å². The van der Waals surface area contributed by atoms with E-state index in [1.54, 1.807) is 25.1 Å². The van der Waals surface area contributed by atoms with Crippen LogP contribution in [-0.4, -0.2) is 56.3 Å². The summed E-state index contributed by atoms with van der Waals surface area (Å²) in [5, 5.41) is 2.66. The van der Waals surface area contributed by atoms with Crippen molar-refractivity contribution in [3.8, 4) is 0 Å². The van der Waals surface area contributed by atoms with Gasteiger partial charge in [0.05, 0.1) is 11.4 Å². The number of carbonyl (C=O) groups is 1. The predicted molar refractivity (Wildman–Crippen MR) is 106 cm³/mol. The lowest BCUT2D eigenvalue weighted by molar-refractivity contribution is -0.117. The van der Waals surface area contributed by atoms with Gasteiger partial charge in [-0.25, -0.2) is 12.8 Å². The minimum absolute atomic E-state index is 0.133. The molecule has 1 aliphatic rings. The summed E-state index contributed by atoms with van der Waals surface area (Å²) in [4.78, 5) is 14.4. The Balaban J connectivity index is 1.57. The van der Waals surface area contributed by atoms with Crippen molar-refractivity contribution in [3.05, 3.63) is 59.4 Å². The maximum absolute atomic E-state index is 13.2. The molecule has 0 spiro atoms. The summed E-state index contributed by atoms with van der Waals surface area (Å²) in [7, 11) is -3.55. The van der Waals surface area contributed by atoms with Crippen LogP contribution >= 0.6 is 0 Å². The molecule has 1 aliphatic heterocycles. The van der Waals surface area contributed by atoms with Crippen molar-refractivity contribution < 1.29 is 17.6 Å². The van der Waals surface area contributed by atoms with E-state index in [0.29, 0.717) is 36.8 Å². The van der Waals surface area contributed by atoms with Crippen molar-refractivity contribution in [2.45, 2.75) is 18.7 Å². The number of amides is 1. The Hall–Kier alpha value is -2.29. The van der Waals surface area contributed by atoms with Crippen LogP contribution in [0.4, 0.5) is 10.1 Å². The van der Waals surface area contributed by atoms with Gasteiger partial charge in [0.2, 0.25) is 15.9 Å². The average Bonchev–Trinajstić information content (AvgIpc) is 2.61. The molecule has 2 aromatic rings. The van der Waals surface area contributed by atoms with Crippen molar-refractivity contribution in [1.29, 1.82) is 0 Å². The van der Waals surface area contributed by atoms with E-state index in [0.717, 1.165) is 11.1 Å². The van der Waals surface area contributed by atoms with E-state index < -0.39 is 15.8 Å². The van der Waals surface area contributed by atoms with Gasteiger partial charge in [0, 0.05) is 31.9 Å². The van der Waals surface area contributed by atoms with E-state index in [2.05, 4.69) is 5.32 Å². The Bertz CT molecular complexity index is 970. The van der Waals surface area contributed by atoms with E-state index in [4.69, 9.17) is 0 Å². The van der Waals surface area contributed by atoms with Gasteiger partial charge in [0.25, 0.3) is 0 Å². The number of nitrogens with one attached hydrogen (secondary N) is 1. The van der Waals surface area contributed by atoms with Gasteiger partial charge in [-0.2, -0.15) is 4.31 Å². The highest BCUT2D eigenvalue weighted by molar-refractivity contribution is 7.89. The lowest BCUT2D eigenvalue weighted by atomic mass is 10.2. The number of rotatable bonds is 5. The number of halogens is 1. The lowest BCUT2D eigenvalue weighted by Crippen LogP contribution is -2.50. The number of carbonyl (C=O) groups excluding carboxylic acids is 1. The van der Waals surface area contributed by atoms with E-state index in [1.165, 1.54) is 22.5 Å². The molecular weight excluding hydrogens is 381 g/mol. The smallest absolute Gasteiger partial charge is 0.243 e. The fourth-order valence-electron chi connectivity index (χ4n) is 3.33. The van der Waals surface area contributed by atoms with Gasteiger partial charge in [0.1, 0.15) is 5.82 Å². The van der Waals surface area contributed by atoms with Crippen molar-refractivity contribution in [2.75, 3.05) is 38.0 Å². The molecule has 0 atom stereocenters. The number of aryl methyl sites for hydroxylation is 2. The summed E-state index contributed by atoms with van der Waals surface area (Å²) in [5.41, 5.74) is 2.16. The number of piperazine rings is 1. The Labute approximate surface area is 165 Å². The van der Waals surface area contributed by atoms with Gasteiger partial charge in [-0.3, -0.25) is 9.69 Å². The van der Waals surface area contributed by atoms with Gasteiger partial charge in [0.15, 0.2) is 0 Å². The van der Waals surface area contributed by atoms with Crippen LogP contribution in [0.2, 0.25) is 0 Å². The zero-order chi connectivity index (χ0) is 20.3. The minimum atomic E-state index is -3.55. The predicted octanol–water partition coefficient (Wildman–Crippen LogP) is 2.39. The first kappa shape index (κ1) is 20.4. The first-order chi connectivity index (χ1) is 13.3. The van der Waals surface area contributed by atoms with E-state index >= 15 is 0 Å². The normalized spacial score (nSPS) is 16.1. The summed E-state index contributed by atoms with van der Waals surface area (Å²) < 4.78 is 40.5. The zero-order valence-corrected chi connectivity index (χ0v) is 16.8. The Morgan fingerprint density at radius 3 is 2.43 bits per heavy atom. The number of anilines is 1. The lowest BCUT2D eigenvalue weighted by Gasteiger charge is -2.33. The molecule has 0 aromatic heterocycles. The number of hydrogen-bond acceptors (Lipinski definition) is 4. The monoisotopic (exact) mass is 405 g/mol. The Morgan fingerprint density at radius 1 is 1.07 bits per heavy atom. The van der Waals surface area contributed by atoms with Gasteiger partial charge in [-0.1, -0.05) is 23.8 Å². The van der Waals surface area contributed by atoms with Gasteiger partial charge in [-0.05, 0) is 43.7 Å². The molecule has 8 heteroatoms. The maximum atomic E-state index is 13.2. The fourth-order valence-corrected chi connectivity index (χ4v) is 4.95. The van der Waals surface area contributed by atoms with Crippen LogP contribution in [0.1, 0.15) is 11.1 Å². The molecule has 0 radical (unpaired) electrons. The summed E-state index contributed by atoms with van der Waals surface area (Å²) in [5.74, 6) is -0.667. The highest BCUT2D eigenvalue weighted by Crippen LogP contribution is 2.22. The van der Waals surface area contributed by atoms with Crippen molar-refractivity contribution >= 4 is 21.6 Å². The Kier molecular flexibility index (Phi) is 6.12. The van der Waals surface area contributed by atoms with Crippen molar-refractivity contribution in [1.82, 2.24) is 9.21 Å². The van der Waals surface area contributed by atoms with E-state index in [-0.39, 0.29) is 12.5 Å². The minimum Gasteiger partial charge on any atom is -0.325 e. The molecule has 6 nitrogen and oxygen atoms in total. The van der Waals surface area contributed by atoms with Crippen LogP contribution in [-0.2, 0) is 14.8 Å². The summed E-state index contributed by atoms with van der Waals surface area (Å²) in [6.45, 7) is 5.42. The number of benzene rings is 2. The van der Waals surface area contributed by atoms with E-state index in [9.17, 15) is 17.6 Å². The SMILES string of the molecule is Cc1ccc(S(=O)(=O)N2CCN(CC(=O)Nc3cccc(F)c3)CC2)c(C)c1. The highest BCUT2D eigenvalue weighted by Gasteiger charge is 2.30. The fraction of sp³-hybridized carbons (Fsp3) is 0.350. The molecule has 2 aromatic carbocycles. The third-order valence-corrected chi connectivity index (χ3v) is 6.81. The molecule has 0 aliphatic carbocycles. The largest absolute Gasteiger partial charge is 0.325 e. The van der Waals surface area contributed by atoms with Crippen LogP contribution in [0.3, 0.4) is 0 Å². The average molecular weight is 405 g/mol. The third-order valence-electron chi connectivity index (χ3n) is 4.76. The van der Waals surface area contributed by atoms with Crippen LogP contribution in [0.25, 0.3) is 0 Å². The zero-order valence-electron chi connectivity index (χ0n) is 16.0. The molecular formula is C20H24FN3O3S. The third kappa shape index (κ3) is 4.76. The van der Waals surface area contributed by atoms with Gasteiger partial charge in [-0.15, -0.1) is 0 Å². The summed E-state index contributed by atoms with van der Waals surface area (Å²) >= 11 is 0. The Morgan fingerprint density at radius 2 is 1.79 bits per heavy atom. The molecule has 1 heterocycles. The molecule has 0 unspecified atom stereocenters. The number of hydrogen-bond donors (Lipinski definition) is 1. The summed E-state index contributed by atoms with van der Waals surface area (Å²) in [6.07, 6.45) is 0. The van der Waals surface area contributed by atoms with Crippen molar-refractivity contribution in [3.63, 3.8) is 0 Å². The van der Waals surface area contributed by atoms with Crippen LogP contribution in [0.15, 0.2) is 47.4 Å². The molecule has 1 amide bonds. The molecule has 150 valence electrons. The summed E-state index contributed by atoms with van der Waals surface area (Å²) in [6, 6.07) is 11.0. The van der Waals surface area contributed by atoms with Gasteiger partial charge >= 0.3 is 0 Å². The molecule has 1 saturated heterocycles. The second kappa shape index (κ2) is 8.38. The standard InChI is InChI=1S/C20H24FN3O3S/c1-15-6-7-19(16(2)12-15)28(26,27)24-10-8-23(9-11-24)14-20(25)22-18-5-3-4-17(21)13-18/h3-7,12-13H,8-11,14H2,1-2H3,(H,22,25). The maximum Gasteiger partial charge on any atom is 0.243 e. The number of sulfonamides is 1. The quantitative estimate of drug-likeness (QED) is 0.829. The van der Waals surface area contributed by atoms with E-state index in [1.807, 2.05) is 17.9 Å². The molecule has 0 saturated carbocycles. The van der Waals surface area contributed by atoms with Crippen LogP contribution in [0, 0.1) is 19.7 Å².